The maximum atomic E-state index is 12.3. The van der Waals surface area contributed by atoms with E-state index in [1.807, 2.05) is 48.7 Å². The van der Waals surface area contributed by atoms with Crippen LogP contribution in [0.25, 0.3) is 21.9 Å². The second-order valence-corrected chi connectivity index (χ2v) is 7.47. The van der Waals surface area contributed by atoms with Crippen LogP contribution in [0.1, 0.15) is 5.56 Å². The summed E-state index contributed by atoms with van der Waals surface area (Å²) in [7, 11) is 0. The molecule has 4 aromatic rings. The number of nitrogens with zero attached hydrogens (tertiary/aromatic N) is 2. The zero-order valence-corrected chi connectivity index (χ0v) is 16.3. The highest BCUT2D eigenvalue weighted by Crippen LogP contribution is 2.24. The summed E-state index contributed by atoms with van der Waals surface area (Å²) in [6, 6.07) is 16.2. The number of carbonyl (C=O) groups is 1. The number of fused-ring (bicyclic) bond motifs is 2. The third kappa shape index (κ3) is 3.82. The van der Waals surface area contributed by atoms with E-state index in [0.717, 1.165) is 28.1 Å². The third-order valence-electron chi connectivity index (χ3n) is 4.65. The Bertz CT molecular complexity index is 1130. The van der Waals surface area contributed by atoms with E-state index in [4.69, 9.17) is 0 Å². The first-order chi connectivity index (χ1) is 13.8. The number of aromatic amines is 1. The molecule has 28 heavy (non-hydrogen) atoms. The molecule has 4 rings (SSSR count). The monoisotopic (exact) mass is 390 g/mol. The first-order valence-corrected chi connectivity index (χ1v) is 10.3. The lowest BCUT2D eigenvalue weighted by Gasteiger charge is -2.07. The van der Waals surface area contributed by atoms with Crippen molar-refractivity contribution in [2.24, 2.45) is 0 Å². The van der Waals surface area contributed by atoms with Crippen molar-refractivity contribution in [1.82, 2.24) is 19.9 Å². The van der Waals surface area contributed by atoms with Gasteiger partial charge in [-0.25, -0.2) is 4.98 Å². The van der Waals surface area contributed by atoms with E-state index >= 15 is 0 Å². The van der Waals surface area contributed by atoms with E-state index in [0.29, 0.717) is 18.8 Å². The number of carbonyl (C=O) groups excluding carboxylic acids is 1. The third-order valence-corrected chi connectivity index (χ3v) is 5.63. The van der Waals surface area contributed by atoms with Gasteiger partial charge in [0.05, 0.1) is 16.8 Å². The summed E-state index contributed by atoms with van der Waals surface area (Å²) < 4.78 is 2.09. The Kier molecular flexibility index (Phi) is 5.48. The highest BCUT2D eigenvalue weighted by molar-refractivity contribution is 7.99. The largest absolute Gasteiger partial charge is 0.361 e. The van der Waals surface area contributed by atoms with Gasteiger partial charge in [0.1, 0.15) is 0 Å². The van der Waals surface area contributed by atoms with Gasteiger partial charge in [-0.15, -0.1) is 6.58 Å². The van der Waals surface area contributed by atoms with E-state index < -0.39 is 0 Å². The average molecular weight is 391 g/mol. The molecule has 0 bridgehead atoms. The van der Waals surface area contributed by atoms with Crippen LogP contribution < -0.4 is 5.32 Å². The Hall–Kier alpha value is -2.99. The van der Waals surface area contributed by atoms with Gasteiger partial charge in [-0.3, -0.25) is 4.79 Å². The summed E-state index contributed by atoms with van der Waals surface area (Å²) >= 11 is 1.46. The second-order valence-electron chi connectivity index (χ2n) is 6.53. The van der Waals surface area contributed by atoms with Crippen LogP contribution >= 0.6 is 11.8 Å². The van der Waals surface area contributed by atoms with E-state index in [9.17, 15) is 4.79 Å². The Labute approximate surface area is 167 Å². The number of thioether (sulfide) groups is 1. The van der Waals surface area contributed by atoms with Gasteiger partial charge in [-0.2, -0.15) is 0 Å². The molecule has 0 aliphatic carbocycles. The van der Waals surface area contributed by atoms with Crippen LogP contribution in [-0.4, -0.2) is 32.7 Å². The number of imidazole rings is 1. The minimum Gasteiger partial charge on any atom is -0.361 e. The lowest BCUT2D eigenvalue weighted by atomic mass is 10.1. The lowest BCUT2D eigenvalue weighted by molar-refractivity contribution is -0.118. The number of hydrogen-bond acceptors (Lipinski definition) is 3. The number of rotatable bonds is 8. The van der Waals surface area contributed by atoms with Crippen LogP contribution in [0.3, 0.4) is 0 Å². The Balaban J connectivity index is 1.34. The van der Waals surface area contributed by atoms with Crippen molar-refractivity contribution in [3.63, 3.8) is 0 Å². The second kappa shape index (κ2) is 8.35. The maximum absolute atomic E-state index is 12.3. The molecule has 2 heterocycles. The standard InChI is InChI=1S/C22H22N4OS/c1-2-13-26-20-10-6-5-9-19(20)25-22(26)28-15-21(27)23-12-11-16-14-24-18-8-4-3-7-17(16)18/h2-10,14,24H,1,11-13,15H2,(H,23,27). The fraction of sp³-hybridized carbons (Fsp3) is 0.182. The molecule has 0 saturated heterocycles. The smallest absolute Gasteiger partial charge is 0.230 e. The van der Waals surface area contributed by atoms with E-state index in [2.05, 4.69) is 38.6 Å². The number of hydrogen-bond donors (Lipinski definition) is 2. The van der Waals surface area contributed by atoms with Crippen LogP contribution in [0.15, 0.2) is 72.5 Å². The molecular formula is C22H22N4OS. The number of benzene rings is 2. The molecule has 142 valence electrons. The highest BCUT2D eigenvalue weighted by atomic mass is 32.2. The normalized spacial score (nSPS) is 11.1. The first kappa shape index (κ1) is 18.4. The molecule has 6 heteroatoms. The molecule has 5 nitrogen and oxygen atoms in total. The number of allylic oxidation sites excluding steroid dienone is 1. The number of amides is 1. The summed E-state index contributed by atoms with van der Waals surface area (Å²) in [5, 5.41) is 5.06. The molecule has 1 amide bonds. The molecule has 0 fully saturated rings. The number of para-hydroxylation sites is 3. The van der Waals surface area contributed by atoms with Crippen molar-refractivity contribution in [2.75, 3.05) is 12.3 Å². The van der Waals surface area contributed by atoms with Crippen molar-refractivity contribution in [1.29, 1.82) is 0 Å². The Morgan fingerprint density at radius 3 is 2.93 bits per heavy atom. The van der Waals surface area contributed by atoms with E-state index in [1.165, 1.54) is 22.7 Å². The molecule has 2 aromatic heterocycles. The van der Waals surface area contributed by atoms with Gasteiger partial charge in [-0.1, -0.05) is 48.2 Å². The zero-order valence-electron chi connectivity index (χ0n) is 15.5. The van der Waals surface area contributed by atoms with Gasteiger partial charge >= 0.3 is 0 Å². The van der Waals surface area contributed by atoms with Crippen LogP contribution in [0.4, 0.5) is 0 Å². The molecule has 0 aliphatic heterocycles. The van der Waals surface area contributed by atoms with Crippen molar-refractivity contribution in [2.45, 2.75) is 18.1 Å². The van der Waals surface area contributed by atoms with Gasteiger partial charge in [0.15, 0.2) is 5.16 Å². The summed E-state index contributed by atoms with van der Waals surface area (Å²) in [6.45, 7) is 5.11. The predicted molar refractivity (Wildman–Crippen MR) is 116 cm³/mol. The Morgan fingerprint density at radius 1 is 1.21 bits per heavy atom. The molecule has 0 radical (unpaired) electrons. The van der Waals surface area contributed by atoms with Crippen molar-refractivity contribution in [3.8, 4) is 0 Å². The van der Waals surface area contributed by atoms with Crippen molar-refractivity contribution >= 4 is 39.6 Å². The summed E-state index contributed by atoms with van der Waals surface area (Å²) in [6.07, 6.45) is 4.66. The number of nitrogens with one attached hydrogen (secondary N) is 2. The van der Waals surface area contributed by atoms with Gasteiger partial charge in [0.2, 0.25) is 5.91 Å². The minimum atomic E-state index is 0.0158. The van der Waals surface area contributed by atoms with Crippen molar-refractivity contribution in [3.05, 3.63) is 72.9 Å². The summed E-state index contributed by atoms with van der Waals surface area (Å²) in [5.41, 5.74) is 4.34. The van der Waals surface area contributed by atoms with Crippen molar-refractivity contribution < 1.29 is 4.79 Å². The van der Waals surface area contributed by atoms with E-state index in [1.54, 1.807) is 0 Å². The minimum absolute atomic E-state index is 0.0158. The maximum Gasteiger partial charge on any atom is 0.230 e. The van der Waals surface area contributed by atoms with Gasteiger partial charge in [0, 0.05) is 30.2 Å². The fourth-order valence-corrected chi connectivity index (χ4v) is 4.18. The molecule has 0 saturated carbocycles. The molecule has 0 atom stereocenters. The van der Waals surface area contributed by atoms with Gasteiger partial charge in [-0.05, 0) is 30.2 Å². The molecule has 2 aromatic carbocycles. The summed E-state index contributed by atoms with van der Waals surface area (Å²) in [5.74, 6) is 0.357. The molecule has 0 aliphatic rings. The average Bonchev–Trinajstić information content (AvgIpc) is 3.29. The Morgan fingerprint density at radius 2 is 2.04 bits per heavy atom. The topological polar surface area (TPSA) is 62.7 Å². The molecule has 0 spiro atoms. The first-order valence-electron chi connectivity index (χ1n) is 9.27. The lowest BCUT2D eigenvalue weighted by Crippen LogP contribution is -2.27. The SMILES string of the molecule is C=CCn1c(SCC(=O)NCCc2c[nH]c3ccccc23)nc2ccccc21. The molecule has 0 unspecified atom stereocenters. The number of H-pyrrole nitrogens is 1. The predicted octanol–water partition coefficient (Wildman–Crippen LogP) is 4.15. The van der Waals surface area contributed by atoms with Gasteiger partial charge in [0.25, 0.3) is 0 Å². The summed E-state index contributed by atoms with van der Waals surface area (Å²) in [4.78, 5) is 20.2. The van der Waals surface area contributed by atoms with Gasteiger partial charge < -0.3 is 14.9 Å². The number of aromatic nitrogens is 3. The fourth-order valence-electron chi connectivity index (χ4n) is 3.33. The van der Waals surface area contributed by atoms with Crippen LogP contribution in [-0.2, 0) is 17.8 Å². The van der Waals surface area contributed by atoms with E-state index in [-0.39, 0.29) is 5.91 Å². The zero-order chi connectivity index (χ0) is 19.3. The molecule has 2 N–H and O–H groups in total. The van der Waals surface area contributed by atoms with Crippen LogP contribution in [0, 0.1) is 0 Å². The molecular weight excluding hydrogens is 368 g/mol. The van der Waals surface area contributed by atoms with Crippen LogP contribution in [0.2, 0.25) is 0 Å². The van der Waals surface area contributed by atoms with Crippen LogP contribution in [0.5, 0.6) is 0 Å². The quantitative estimate of drug-likeness (QED) is 0.351. The highest BCUT2D eigenvalue weighted by Gasteiger charge is 2.12.